The summed E-state index contributed by atoms with van der Waals surface area (Å²) in [6.45, 7) is 0. The Hall–Kier alpha value is -0.0900. The monoisotopic (exact) mass is 343 g/mol. The zero-order valence-electron chi connectivity index (χ0n) is 10.8. The van der Waals surface area contributed by atoms with Crippen LogP contribution in [0.4, 0.5) is 0 Å². The molecule has 0 amide bonds. The van der Waals surface area contributed by atoms with Crippen LogP contribution < -0.4 is 5.32 Å². The van der Waals surface area contributed by atoms with Crippen LogP contribution in [0.2, 0.25) is 5.02 Å². The third-order valence-electron chi connectivity index (χ3n) is 4.39. The van der Waals surface area contributed by atoms with Gasteiger partial charge in [0.15, 0.2) is 0 Å². The van der Waals surface area contributed by atoms with E-state index in [4.69, 9.17) is 11.6 Å². The van der Waals surface area contributed by atoms with Crippen LogP contribution in [0.25, 0.3) is 0 Å². The molecule has 0 aliphatic heterocycles. The van der Waals surface area contributed by atoms with E-state index >= 15 is 0 Å². The van der Waals surface area contributed by atoms with E-state index in [9.17, 15) is 5.11 Å². The first-order valence-electron chi connectivity index (χ1n) is 7.05. The fourth-order valence-corrected chi connectivity index (χ4v) is 4.37. The molecule has 2 aliphatic carbocycles. The SMILES string of the molecule is OC1CCC(NC2CCc3c(Br)cc(Cl)cc32)CC1. The molecule has 4 heteroatoms. The number of halogens is 2. The summed E-state index contributed by atoms with van der Waals surface area (Å²) in [5.41, 5.74) is 2.75. The molecule has 0 radical (unpaired) electrons. The minimum atomic E-state index is -0.0856. The summed E-state index contributed by atoms with van der Waals surface area (Å²) in [7, 11) is 0. The first-order valence-corrected chi connectivity index (χ1v) is 8.22. The van der Waals surface area contributed by atoms with Crippen LogP contribution in [-0.2, 0) is 6.42 Å². The summed E-state index contributed by atoms with van der Waals surface area (Å²) >= 11 is 9.78. The summed E-state index contributed by atoms with van der Waals surface area (Å²) in [5.74, 6) is 0. The van der Waals surface area contributed by atoms with Crippen molar-refractivity contribution in [2.75, 3.05) is 0 Å². The van der Waals surface area contributed by atoms with Crippen LogP contribution in [0.1, 0.15) is 49.3 Å². The zero-order valence-corrected chi connectivity index (χ0v) is 13.2. The lowest BCUT2D eigenvalue weighted by Gasteiger charge is -2.29. The molecule has 0 aromatic heterocycles. The Morgan fingerprint density at radius 2 is 1.89 bits per heavy atom. The number of rotatable bonds is 2. The van der Waals surface area contributed by atoms with Crippen molar-refractivity contribution in [1.82, 2.24) is 5.32 Å². The maximum atomic E-state index is 9.57. The van der Waals surface area contributed by atoms with Crippen LogP contribution in [-0.4, -0.2) is 17.3 Å². The molecule has 0 heterocycles. The highest BCUT2D eigenvalue weighted by Gasteiger charge is 2.28. The Morgan fingerprint density at radius 3 is 2.63 bits per heavy atom. The van der Waals surface area contributed by atoms with E-state index in [1.165, 1.54) is 11.1 Å². The average Bonchev–Trinajstić information content (AvgIpc) is 2.76. The lowest BCUT2D eigenvalue weighted by Crippen LogP contribution is -2.36. The number of fused-ring (bicyclic) bond motifs is 1. The summed E-state index contributed by atoms with van der Waals surface area (Å²) in [5, 5.41) is 14.1. The molecular formula is C15H19BrClNO. The molecule has 0 spiro atoms. The molecule has 104 valence electrons. The largest absolute Gasteiger partial charge is 0.393 e. The lowest BCUT2D eigenvalue weighted by atomic mass is 9.92. The third-order valence-corrected chi connectivity index (χ3v) is 5.31. The topological polar surface area (TPSA) is 32.3 Å². The van der Waals surface area contributed by atoms with Gasteiger partial charge in [0.1, 0.15) is 0 Å². The number of hydrogen-bond donors (Lipinski definition) is 2. The Labute approximate surface area is 127 Å². The van der Waals surface area contributed by atoms with Gasteiger partial charge >= 0.3 is 0 Å². The van der Waals surface area contributed by atoms with Gasteiger partial charge in [0, 0.05) is 21.6 Å². The van der Waals surface area contributed by atoms with Crippen molar-refractivity contribution in [3.63, 3.8) is 0 Å². The molecular weight excluding hydrogens is 326 g/mol. The molecule has 1 saturated carbocycles. The van der Waals surface area contributed by atoms with E-state index in [1.54, 1.807) is 0 Å². The fourth-order valence-electron chi connectivity index (χ4n) is 3.34. The van der Waals surface area contributed by atoms with Crippen molar-refractivity contribution in [1.29, 1.82) is 0 Å². The van der Waals surface area contributed by atoms with Crippen LogP contribution in [0.3, 0.4) is 0 Å². The smallest absolute Gasteiger partial charge is 0.0541 e. The Bertz CT molecular complexity index is 471. The first kappa shape index (κ1) is 13.9. The molecule has 1 fully saturated rings. The molecule has 0 bridgehead atoms. The molecule has 2 aliphatic rings. The molecule has 1 unspecified atom stereocenters. The summed E-state index contributed by atoms with van der Waals surface area (Å²) in [4.78, 5) is 0. The predicted octanol–water partition coefficient (Wildman–Crippen LogP) is 3.98. The fraction of sp³-hybridized carbons (Fsp3) is 0.600. The Morgan fingerprint density at radius 1 is 1.16 bits per heavy atom. The Balaban J connectivity index is 1.72. The number of nitrogens with one attached hydrogen (secondary N) is 1. The standard InChI is InChI=1S/C15H19BrClNO/c16-14-8-9(17)7-13-12(14)5-6-15(13)18-10-1-3-11(19)4-2-10/h7-8,10-11,15,18-19H,1-6H2. The minimum Gasteiger partial charge on any atom is -0.393 e. The van der Waals surface area contributed by atoms with Gasteiger partial charge in [0.25, 0.3) is 0 Å². The maximum Gasteiger partial charge on any atom is 0.0541 e. The van der Waals surface area contributed by atoms with Crippen molar-refractivity contribution in [2.45, 2.75) is 56.7 Å². The van der Waals surface area contributed by atoms with Gasteiger partial charge in [0.2, 0.25) is 0 Å². The summed E-state index contributed by atoms with van der Waals surface area (Å²) < 4.78 is 1.14. The second kappa shape index (κ2) is 5.72. The van der Waals surface area contributed by atoms with Gasteiger partial charge in [-0.05, 0) is 61.8 Å². The molecule has 1 aromatic rings. The van der Waals surface area contributed by atoms with Gasteiger partial charge in [-0.15, -0.1) is 0 Å². The highest BCUT2D eigenvalue weighted by molar-refractivity contribution is 9.10. The first-order chi connectivity index (χ1) is 9.13. The second-order valence-corrected chi connectivity index (χ2v) is 7.01. The molecule has 2 nitrogen and oxygen atoms in total. The van der Waals surface area contributed by atoms with Gasteiger partial charge in [-0.25, -0.2) is 0 Å². The molecule has 2 N–H and O–H groups in total. The number of aliphatic hydroxyl groups is 1. The predicted molar refractivity (Wildman–Crippen MR) is 81.6 cm³/mol. The quantitative estimate of drug-likeness (QED) is 0.850. The minimum absolute atomic E-state index is 0.0856. The molecule has 1 aromatic carbocycles. The zero-order chi connectivity index (χ0) is 13.4. The van der Waals surface area contributed by atoms with Gasteiger partial charge in [0.05, 0.1) is 6.10 Å². The highest BCUT2D eigenvalue weighted by atomic mass is 79.9. The molecule has 1 atom stereocenters. The van der Waals surface area contributed by atoms with Gasteiger partial charge < -0.3 is 10.4 Å². The van der Waals surface area contributed by atoms with E-state index < -0.39 is 0 Å². The van der Waals surface area contributed by atoms with Crippen molar-refractivity contribution in [3.05, 3.63) is 32.8 Å². The van der Waals surface area contributed by atoms with Gasteiger partial charge in [-0.3, -0.25) is 0 Å². The number of hydrogen-bond acceptors (Lipinski definition) is 2. The van der Waals surface area contributed by atoms with Crippen LogP contribution in [0, 0.1) is 0 Å². The summed E-state index contributed by atoms with van der Waals surface area (Å²) in [6.07, 6.45) is 6.18. The second-order valence-electron chi connectivity index (χ2n) is 5.72. The van der Waals surface area contributed by atoms with E-state index in [0.29, 0.717) is 12.1 Å². The third kappa shape index (κ3) is 2.99. The van der Waals surface area contributed by atoms with Crippen LogP contribution in [0.15, 0.2) is 16.6 Å². The van der Waals surface area contributed by atoms with Crippen LogP contribution in [0.5, 0.6) is 0 Å². The molecule has 0 saturated heterocycles. The summed E-state index contributed by atoms with van der Waals surface area (Å²) in [6, 6.07) is 5.05. The average molecular weight is 345 g/mol. The molecule has 19 heavy (non-hydrogen) atoms. The normalized spacial score (nSPS) is 30.4. The van der Waals surface area contributed by atoms with E-state index in [1.807, 2.05) is 6.07 Å². The van der Waals surface area contributed by atoms with E-state index in [2.05, 4.69) is 27.3 Å². The van der Waals surface area contributed by atoms with Crippen LogP contribution >= 0.6 is 27.5 Å². The van der Waals surface area contributed by atoms with Crippen molar-refractivity contribution in [3.8, 4) is 0 Å². The Kier molecular flexibility index (Phi) is 4.18. The van der Waals surface area contributed by atoms with Crippen molar-refractivity contribution in [2.24, 2.45) is 0 Å². The van der Waals surface area contributed by atoms with E-state index in [-0.39, 0.29) is 6.10 Å². The van der Waals surface area contributed by atoms with Gasteiger partial charge in [-0.1, -0.05) is 27.5 Å². The number of benzene rings is 1. The van der Waals surface area contributed by atoms with Gasteiger partial charge in [-0.2, -0.15) is 0 Å². The van der Waals surface area contributed by atoms with E-state index in [0.717, 1.165) is 48.0 Å². The molecule has 3 rings (SSSR count). The lowest BCUT2D eigenvalue weighted by molar-refractivity contribution is 0.114. The van der Waals surface area contributed by atoms with Crippen molar-refractivity contribution < 1.29 is 5.11 Å². The maximum absolute atomic E-state index is 9.57. The highest BCUT2D eigenvalue weighted by Crippen LogP contribution is 2.38. The van der Waals surface area contributed by atoms with Crippen molar-refractivity contribution >= 4 is 27.5 Å². The number of aliphatic hydroxyl groups excluding tert-OH is 1.